The lowest BCUT2D eigenvalue weighted by molar-refractivity contribution is 0.764. The van der Waals surface area contributed by atoms with Gasteiger partial charge in [-0.25, -0.2) is 4.98 Å². The zero-order valence-corrected chi connectivity index (χ0v) is 8.37. The third kappa shape index (κ3) is 1.99. The summed E-state index contributed by atoms with van der Waals surface area (Å²) in [7, 11) is 1.88. The molecule has 1 aromatic rings. The van der Waals surface area contributed by atoms with Crippen molar-refractivity contribution in [3.63, 3.8) is 0 Å². The predicted octanol–water partition coefficient (Wildman–Crippen LogP) is 1.91. The van der Waals surface area contributed by atoms with E-state index in [1.807, 2.05) is 7.05 Å². The summed E-state index contributed by atoms with van der Waals surface area (Å²) in [5.41, 5.74) is 0.961. The summed E-state index contributed by atoms with van der Waals surface area (Å²) in [6.07, 6.45) is 0. The Labute approximate surface area is 77.5 Å². The largest absolute Gasteiger partial charge is 0.343 e. The molecule has 0 spiro atoms. The van der Waals surface area contributed by atoms with Gasteiger partial charge in [-0.05, 0) is 7.05 Å². The Morgan fingerprint density at radius 2 is 2.25 bits per heavy atom. The number of nitrogens with zero attached hydrogens (tertiary/aromatic N) is 1. The van der Waals surface area contributed by atoms with E-state index in [2.05, 4.69) is 29.1 Å². The number of H-pyrrole nitrogens is 1. The first-order valence-corrected chi connectivity index (χ1v) is 4.41. The molecule has 2 N–H and O–H groups in total. The van der Waals surface area contributed by atoms with Crippen LogP contribution in [0, 0.1) is 0 Å². The first-order valence-electron chi connectivity index (χ1n) is 4.04. The Hall–Kier alpha value is -0.540. The van der Waals surface area contributed by atoms with Crippen molar-refractivity contribution in [1.29, 1.82) is 0 Å². The van der Waals surface area contributed by atoms with E-state index in [1.165, 1.54) is 0 Å². The van der Waals surface area contributed by atoms with Gasteiger partial charge in [0.1, 0.15) is 5.82 Å². The fourth-order valence-corrected chi connectivity index (χ4v) is 1.18. The Bertz CT molecular complexity index is 255. The van der Waals surface area contributed by atoms with E-state index in [4.69, 9.17) is 11.6 Å². The van der Waals surface area contributed by atoms with Gasteiger partial charge in [0.25, 0.3) is 0 Å². The standard InChI is InChI=1S/C8H14ClN3/c1-5(2)8-11-6(4-10-3)7(9)12-8/h5,10H,4H2,1-3H3,(H,11,12). The van der Waals surface area contributed by atoms with Crippen molar-refractivity contribution in [1.82, 2.24) is 15.3 Å². The zero-order valence-electron chi connectivity index (χ0n) is 7.61. The molecule has 0 radical (unpaired) electrons. The molecule has 0 atom stereocenters. The van der Waals surface area contributed by atoms with Crippen molar-refractivity contribution in [2.45, 2.75) is 26.3 Å². The van der Waals surface area contributed by atoms with Gasteiger partial charge in [0.2, 0.25) is 0 Å². The fraction of sp³-hybridized carbons (Fsp3) is 0.625. The third-order valence-electron chi connectivity index (χ3n) is 1.65. The lowest BCUT2D eigenvalue weighted by atomic mass is 10.2. The van der Waals surface area contributed by atoms with E-state index >= 15 is 0 Å². The smallest absolute Gasteiger partial charge is 0.151 e. The summed E-state index contributed by atoms with van der Waals surface area (Å²) < 4.78 is 0. The van der Waals surface area contributed by atoms with Gasteiger partial charge in [-0.15, -0.1) is 0 Å². The quantitative estimate of drug-likeness (QED) is 0.759. The van der Waals surface area contributed by atoms with E-state index in [0.717, 1.165) is 18.1 Å². The van der Waals surface area contributed by atoms with Crippen molar-refractivity contribution in [2.24, 2.45) is 0 Å². The zero-order chi connectivity index (χ0) is 9.14. The average molecular weight is 188 g/mol. The predicted molar refractivity (Wildman–Crippen MR) is 50.5 cm³/mol. The minimum atomic E-state index is 0.396. The van der Waals surface area contributed by atoms with Gasteiger partial charge < -0.3 is 10.3 Å². The second-order valence-corrected chi connectivity index (χ2v) is 3.43. The number of nitrogens with one attached hydrogen (secondary N) is 2. The van der Waals surface area contributed by atoms with Crippen LogP contribution >= 0.6 is 11.6 Å². The first kappa shape index (κ1) is 9.55. The van der Waals surface area contributed by atoms with Crippen LogP contribution in [0.3, 0.4) is 0 Å². The summed E-state index contributed by atoms with van der Waals surface area (Å²) >= 11 is 5.89. The van der Waals surface area contributed by atoms with Gasteiger partial charge in [-0.1, -0.05) is 25.4 Å². The number of hydrogen-bond donors (Lipinski definition) is 2. The van der Waals surface area contributed by atoms with Crippen molar-refractivity contribution >= 4 is 11.6 Å². The van der Waals surface area contributed by atoms with Crippen LogP contribution in [-0.4, -0.2) is 17.0 Å². The van der Waals surface area contributed by atoms with Crippen LogP contribution in [0.1, 0.15) is 31.3 Å². The van der Waals surface area contributed by atoms with Crippen molar-refractivity contribution in [2.75, 3.05) is 7.05 Å². The number of aromatic amines is 1. The molecular formula is C8H14ClN3. The SMILES string of the molecule is CNCc1[nH]c(C(C)C)nc1Cl. The summed E-state index contributed by atoms with van der Waals surface area (Å²) in [6.45, 7) is 4.90. The highest BCUT2D eigenvalue weighted by Crippen LogP contribution is 2.17. The van der Waals surface area contributed by atoms with Gasteiger partial charge in [-0.3, -0.25) is 0 Å². The second kappa shape index (κ2) is 3.92. The molecule has 0 fully saturated rings. The van der Waals surface area contributed by atoms with Gasteiger partial charge in [0.15, 0.2) is 5.15 Å². The molecule has 0 unspecified atom stereocenters. The van der Waals surface area contributed by atoms with Gasteiger partial charge in [0, 0.05) is 12.5 Å². The highest BCUT2D eigenvalue weighted by Gasteiger charge is 2.09. The highest BCUT2D eigenvalue weighted by atomic mass is 35.5. The molecule has 0 aliphatic carbocycles. The molecule has 4 heteroatoms. The molecule has 1 heterocycles. The maximum atomic E-state index is 5.89. The molecule has 0 bridgehead atoms. The third-order valence-corrected chi connectivity index (χ3v) is 1.96. The van der Waals surface area contributed by atoms with Gasteiger partial charge in [-0.2, -0.15) is 0 Å². The molecule has 0 aliphatic heterocycles. The summed E-state index contributed by atoms with van der Waals surface area (Å²) in [6, 6.07) is 0. The Kier molecular flexibility index (Phi) is 3.12. The van der Waals surface area contributed by atoms with Crippen LogP contribution in [0.4, 0.5) is 0 Å². The van der Waals surface area contributed by atoms with Gasteiger partial charge >= 0.3 is 0 Å². The number of aromatic nitrogens is 2. The van der Waals surface area contributed by atoms with Crippen LogP contribution in [0.2, 0.25) is 5.15 Å². The van der Waals surface area contributed by atoms with E-state index in [-0.39, 0.29) is 0 Å². The van der Waals surface area contributed by atoms with Crippen molar-refractivity contribution in [3.05, 3.63) is 16.7 Å². The summed E-state index contributed by atoms with van der Waals surface area (Å²) in [5, 5.41) is 3.60. The maximum absolute atomic E-state index is 5.89. The maximum Gasteiger partial charge on any atom is 0.151 e. The molecule has 3 nitrogen and oxygen atoms in total. The average Bonchev–Trinajstić information content (AvgIpc) is 2.34. The molecule has 1 aromatic heterocycles. The van der Waals surface area contributed by atoms with Crippen LogP contribution in [0.5, 0.6) is 0 Å². The lowest BCUT2D eigenvalue weighted by Gasteiger charge is -1.97. The van der Waals surface area contributed by atoms with E-state index < -0.39 is 0 Å². The molecule has 0 saturated heterocycles. The number of hydrogen-bond acceptors (Lipinski definition) is 2. The molecule has 0 amide bonds. The van der Waals surface area contributed by atoms with E-state index in [0.29, 0.717) is 11.1 Å². The lowest BCUT2D eigenvalue weighted by Crippen LogP contribution is -2.05. The monoisotopic (exact) mass is 187 g/mol. The van der Waals surface area contributed by atoms with Crippen LogP contribution in [0.15, 0.2) is 0 Å². The second-order valence-electron chi connectivity index (χ2n) is 3.08. The van der Waals surface area contributed by atoms with Crippen molar-refractivity contribution in [3.8, 4) is 0 Å². The molecule has 12 heavy (non-hydrogen) atoms. The summed E-state index contributed by atoms with van der Waals surface area (Å²) in [5.74, 6) is 1.35. The number of rotatable bonds is 3. The molecular weight excluding hydrogens is 174 g/mol. The topological polar surface area (TPSA) is 40.7 Å². The summed E-state index contributed by atoms with van der Waals surface area (Å²) in [4.78, 5) is 7.37. The Morgan fingerprint density at radius 3 is 2.67 bits per heavy atom. The Morgan fingerprint density at radius 1 is 1.58 bits per heavy atom. The van der Waals surface area contributed by atoms with Crippen molar-refractivity contribution < 1.29 is 0 Å². The molecule has 1 rings (SSSR count). The minimum Gasteiger partial charge on any atom is -0.343 e. The van der Waals surface area contributed by atoms with E-state index in [1.54, 1.807) is 0 Å². The highest BCUT2D eigenvalue weighted by molar-refractivity contribution is 6.30. The van der Waals surface area contributed by atoms with Crippen LogP contribution < -0.4 is 5.32 Å². The number of imidazole rings is 1. The van der Waals surface area contributed by atoms with E-state index in [9.17, 15) is 0 Å². The normalized spacial score (nSPS) is 11.1. The molecule has 0 aliphatic rings. The van der Waals surface area contributed by atoms with Crippen LogP contribution in [-0.2, 0) is 6.54 Å². The fourth-order valence-electron chi connectivity index (χ4n) is 0.975. The van der Waals surface area contributed by atoms with Crippen LogP contribution in [0.25, 0.3) is 0 Å². The Balaban J connectivity index is 2.85. The molecule has 68 valence electrons. The molecule has 0 saturated carbocycles. The minimum absolute atomic E-state index is 0.396. The van der Waals surface area contributed by atoms with Gasteiger partial charge in [0.05, 0.1) is 5.69 Å². The molecule has 0 aromatic carbocycles. The first-order chi connectivity index (χ1) is 5.65. The number of halogens is 1.